The molecule has 3 rings (SSSR count). The van der Waals surface area contributed by atoms with Gasteiger partial charge in [0.1, 0.15) is 11.6 Å². The topological polar surface area (TPSA) is 112 Å². The van der Waals surface area contributed by atoms with Gasteiger partial charge in [0.15, 0.2) is 5.82 Å². The predicted octanol–water partition coefficient (Wildman–Crippen LogP) is 3.70. The van der Waals surface area contributed by atoms with E-state index in [2.05, 4.69) is 19.9 Å². The number of methoxy groups -OCH3 is 1. The Hall–Kier alpha value is -3.48. The van der Waals surface area contributed by atoms with Crippen molar-refractivity contribution in [2.45, 2.75) is 27.2 Å². The maximum Gasteiger partial charge on any atom is 0.222 e. The van der Waals surface area contributed by atoms with Crippen molar-refractivity contribution in [3.63, 3.8) is 0 Å². The van der Waals surface area contributed by atoms with Crippen molar-refractivity contribution >= 4 is 17.6 Å². The van der Waals surface area contributed by atoms with Gasteiger partial charge >= 0.3 is 0 Å². The van der Waals surface area contributed by atoms with E-state index in [1.165, 1.54) is 0 Å². The molecule has 4 N–H and O–H groups in total. The summed E-state index contributed by atoms with van der Waals surface area (Å²) in [5, 5.41) is 0. The fraction of sp³-hybridized carbons (Fsp3) is 0.238. The lowest BCUT2D eigenvalue weighted by atomic mass is 10.1. The lowest BCUT2D eigenvalue weighted by Crippen LogP contribution is -2.16. The Bertz CT molecular complexity index is 924. The zero-order valence-corrected chi connectivity index (χ0v) is 16.7. The molecule has 7 heteroatoms. The number of ether oxygens (including phenoxy) is 1. The SMILES string of the molecule is CC.COc1ccc(CC(N)=Nc2nc(N)nc(-c3ccccc3)c2C)nc1. The van der Waals surface area contributed by atoms with Crippen LogP contribution in [0.4, 0.5) is 11.8 Å². The van der Waals surface area contributed by atoms with Gasteiger partial charge in [0.2, 0.25) is 5.95 Å². The molecule has 3 aromatic rings. The number of anilines is 1. The molecular formula is C21H26N6O. The van der Waals surface area contributed by atoms with E-state index in [0.29, 0.717) is 23.8 Å². The molecule has 0 radical (unpaired) electrons. The van der Waals surface area contributed by atoms with Crippen LogP contribution in [0.3, 0.4) is 0 Å². The zero-order chi connectivity index (χ0) is 20.5. The normalized spacial score (nSPS) is 10.8. The third-order valence-electron chi connectivity index (χ3n) is 3.83. The summed E-state index contributed by atoms with van der Waals surface area (Å²) in [4.78, 5) is 17.3. The van der Waals surface area contributed by atoms with Gasteiger partial charge < -0.3 is 16.2 Å². The molecule has 28 heavy (non-hydrogen) atoms. The first-order valence-corrected chi connectivity index (χ1v) is 9.08. The predicted molar refractivity (Wildman–Crippen MR) is 114 cm³/mol. The number of aliphatic imine (C=N–C) groups is 1. The number of benzene rings is 1. The molecule has 0 atom stereocenters. The molecule has 0 fully saturated rings. The van der Waals surface area contributed by atoms with E-state index in [1.54, 1.807) is 13.3 Å². The van der Waals surface area contributed by atoms with Crippen molar-refractivity contribution in [2.75, 3.05) is 12.8 Å². The van der Waals surface area contributed by atoms with Crippen molar-refractivity contribution in [3.8, 4) is 17.0 Å². The van der Waals surface area contributed by atoms with Crippen molar-refractivity contribution in [1.29, 1.82) is 0 Å². The Morgan fingerprint density at radius 1 is 1.07 bits per heavy atom. The molecular weight excluding hydrogens is 352 g/mol. The molecule has 0 unspecified atom stereocenters. The van der Waals surface area contributed by atoms with Crippen LogP contribution < -0.4 is 16.2 Å². The van der Waals surface area contributed by atoms with Crippen molar-refractivity contribution in [1.82, 2.24) is 15.0 Å². The number of nitrogens with two attached hydrogens (primary N) is 2. The first-order chi connectivity index (χ1) is 13.6. The molecule has 0 spiro atoms. The Morgan fingerprint density at radius 3 is 2.39 bits per heavy atom. The Labute approximate surface area is 165 Å². The van der Waals surface area contributed by atoms with E-state index in [1.807, 2.05) is 63.2 Å². The van der Waals surface area contributed by atoms with Gasteiger partial charge in [0.25, 0.3) is 0 Å². The molecule has 2 aromatic heterocycles. The highest BCUT2D eigenvalue weighted by atomic mass is 16.5. The minimum atomic E-state index is 0.156. The van der Waals surface area contributed by atoms with Gasteiger partial charge in [-0.05, 0) is 19.1 Å². The second-order valence-electron chi connectivity index (χ2n) is 5.71. The van der Waals surface area contributed by atoms with Crippen molar-refractivity contribution in [2.24, 2.45) is 10.7 Å². The lowest BCUT2D eigenvalue weighted by Gasteiger charge is -2.09. The highest BCUT2D eigenvalue weighted by Crippen LogP contribution is 2.28. The highest BCUT2D eigenvalue weighted by Gasteiger charge is 2.11. The Morgan fingerprint density at radius 2 is 1.79 bits per heavy atom. The van der Waals surface area contributed by atoms with E-state index < -0.39 is 0 Å². The van der Waals surface area contributed by atoms with Gasteiger partial charge in [0, 0.05) is 23.2 Å². The minimum absolute atomic E-state index is 0.156. The molecule has 0 aliphatic carbocycles. The van der Waals surface area contributed by atoms with Crippen LogP contribution in [-0.4, -0.2) is 27.9 Å². The average molecular weight is 378 g/mol. The summed E-state index contributed by atoms with van der Waals surface area (Å²) in [6, 6.07) is 13.4. The Kier molecular flexibility index (Phi) is 7.45. The quantitative estimate of drug-likeness (QED) is 0.517. The van der Waals surface area contributed by atoms with Crippen LogP contribution in [-0.2, 0) is 6.42 Å². The third-order valence-corrected chi connectivity index (χ3v) is 3.83. The lowest BCUT2D eigenvalue weighted by molar-refractivity contribution is 0.412. The number of hydrogen-bond acceptors (Lipinski definition) is 6. The second-order valence-corrected chi connectivity index (χ2v) is 5.71. The van der Waals surface area contributed by atoms with Crippen LogP contribution in [0.2, 0.25) is 0 Å². The molecule has 0 amide bonds. The van der Waals surface area contributed by atoms with Gasteiger partial charge in [-0.15, -0.1) is 0 Å². The van der Waals surface area contributed by atoms with Crippen LogP contribution >= 0.6 is 0 Å². The summed E-state index contributed by atoms with van der Waals surface area (Å²) in [5.74, 6) is 1.70. The summed E-state index contributed by atoms with van der Waals surface area (Å²) in [5.41, 5.74) is 15.3. The summed E-state index contributed by atoms with van der Waals surface area (Å²) >= 11 is 0. The number of aromatic nitrogens is 3. The molecule has 0 aliphatic heterocycles. The molecule has 2 heterocycles. The highest BCUT2D eigenvalue weighted by molar-refractivity contribution is 5.85. The van der Waals surface area contributed by atoms with E-state index in [4.69, 9.17) is 16.2 Å². The monoisotopic (exact) mass is 378 g/mol. The fourth-order valence-corrected chi connectivity index (χ4v) is 2.50. The van der Waals surface area contributed by atoms with Gasteiger partial charge in [0.05, 0.1) is 19.0 Å². The minimum Gasteiger partial charge on any atom is -0.495 e. The molecule has 1 aromatic carbocycles. The van der Waals surface area contributed by atoms with Gasteiger partial charge in [-0.25, -0.2) is 9.98 Å². The smallest absolute Gasteiger partial charge is 0.222 e. The summed E-state index contributed by atoms with van der Waals surface area (Å²) < 4.78 is 5.10. The number of rotatable bonds is 5. The van der Waals surface area contributed by atoms with E-state index in [-0.39, 0.29) is 5.95 Å². The first-order valence-electron chi connectivity index (χ1n) is 9.08. The number of hydrogen-bond donors (Lipinski definition) is 2. The molecule has 0 bridgehead atoms. The van der Waals surface area contributed by atoms with Gasteiger partial charge in [-0.2, -0.15) is 4.98 Å². The molecule has 0 aliphatic rings. The standard InChI is InChI=1S/C19H20N6O.C2H6/c1-12-17(13-6-4-3-5-7-13)24-19(21)25-18(12)23-16(20)10-14-8-9-15(26-2)11-22-14;1-2/h3-9,11H,10H2,1-2H3,(H4,20,21,23,24,25);1-2H3. The number of pyridine rings is 1. The first kappa shape index (κ1) is 20.8. The van der Waals surface area contributed by atoms with Crippen molar-refractivity contribution < 1.29 is 4.74 Å². The number of nitrogens with zero attached hydrogens (tertiary/aromatic N) is 4. The molecule has 146 valence electrons. The average Bonchev–Trinajstić information content (AvgIpc) is 2.73. The maximum atomic E-state index is 6.09. The number of amidine groups is 1. The maximum absolute atomic E-state index is 6.09. The molecule has 7 nitrogen and oxygen atoms in total. The van der Waals surface area contributed by atoms with Crippen LogP contribution in [0, 0.1) is 6.92 Å². The van der Waals surface area contributed by atoms with Gasteiger partial charge in [-0.3, -0.25) is 4.98 Å². The van der Waals surface area contributed by atoms with Crippen LogP contribution in [0.5, 0.6) is 5.75 Å². The fourth-order valence-electron chi connectivity index (χ4n) is 2.50. The molecule has 0 saturated carbocycles. The summed E-state index contributed by atoms with van der Waals surface area (Å²) in [7, 11) is 1.60. The molecule has 0 saturated heterocycles. The summed E-state index contributed by atoms with van der Waals surface area (Å²) in [6.07, 6.45) is 2.04. The van der Waals surface area contributed by atoms with E-state index in [0.717, 1.165) is 22.5 Å². The van der Waals surface area contributed by atoms with Crippen molar-refractivity contribution in [3.05, 3.63) is 59.9 Å². The summed E-state index contributed by atoms with van der Waals surface area (Å²) in [6.45, 7) is 5.90. The zero-order valence-electron chi connectivity index (χ0n) is 16.7. The van der Waals surface area contributed by atoms with Crippen LogP contribution in [0.25, 0.3) is 11.3 Å². The van der Waals surface area contributed by atoms with Crippen LogP contribution in [0.15, 0.2) is 53.7 Å². The van der Waals surface area contributed by atoms with E-state index in [9.17, 15) is 0 Å². The largest absolute Gasteiger partial charge is 0.495 e. The second kappa shape index (κ2) is 10.0. The number of nitrogen functional groups attached to an aromatic ring is 1. The van der Waals surface area contributed by atoms with Crippen LogP contribution in [0.1, 0.15) is 25.1 Å². The van der Waals surface area contributed by atoms with Gasteiger partial charge in [-0.1, -0.05) is 44.2 Å². The third kappa shape index (κ3) is 5.26. The van der Waals surface area contributed by atoms with E-state index >= 15 is 0 Å². The Balaban J connectivity index is 0.00000136.